The zero-order chi connectivity index (χ0) is 14.9. The summed E-state index contributed by atoms with van der Waals surface area (Å²) in [6.45, 7) is 1.87. The summed E-state index contributed by atoms with van der Waals surface area (Å²) in [6, 6.07) is 1.37. The third-order valence-corrected chi connectivity index (χ3v) is 5.90. The minimum absolute atomic E-state index is 0.188. The zero-order valence-electron chi connectivity index (χ0n) is 11.0. The summed E-state index contributed by atoms with van der Waals surface area (Å²) in [4.78, 5) is 0. The molecule has 0 aliphatic carbocycles. The average molecular weight is 307 g/mol. The van der Waals surface area contributed by atoms with E-state index < -0.39 is 38.6 Å². The first-order chi connectivity index (χ1) is 9.31. The number of nitrogens with one attached hydrogen (secondary N) is 1. The van der Waals surface area contributed by atoms with Crippen molar-refractivity contribution >= 4 is 9.84 Å². The van der Waals surface area contributed by atoms with Gasteiger partial charge in [-0.05, 0) is 37.5 Å². The van der Waals surface area contributed by atoms with Gasteiger partial charge in [0.1, 0.15) is 0 Å². The minimum atomic E-state index is -3.06. The van der Waals surface area contributed by atoms with Crippen LogP contribution in [-0.4, -0.2) is 26.0 Å². The largest absolute Gasteiger partial charge is 0.309 e. The maximum Gasteiger partial charge on any atom is 0.194 e. The third-order valence-electron chi connectivity index (χ3n) is 3.62. The second-order valence-corrected chi connectivity index (χ2v) is 7.46. The van der Waals surface area contributed by atoms with Crippen LogP contribution < -0.4 is 5.32 Å². The molecule has 0 radical (unpaired) electrons. The molecule has 0 unspecified atom stereocenters. The number of benzene rings is 1. The lowest BCUT2D eigenvalue weighted by Crippen LogP contribution is -2.32. The molecule has 7 heteroatoms. The molecule has 0 amide bonds. The van der Waals surface area contributed by atoms with E-state index in [1.165, 1.54) is 0 Å². The van der Waals surface area contributed by atoms with E-state index in [9.17, 15) is 21.6 Å². The van der Waals surface area contributed by atoms with Crippen molar-refractivity contribution in [1.82, 2.24) is 5.32 Å². The Hall–Kier alpha value is -1.08. The molecule has 1 aromatic rings. The highest BCUT2D eigenvalue weighted by molar-refractivity contribution is 7.92. The molecule has 0 saturated carbocycles. The van der Waals surface area contributed by atoms with Crippen molar-refractivity contribution in [3.63, 3.8) is 0 Å². The summed E-state index contributed by atoms with van der Waals surface area (Å²) >= 11 is 0. The lowest BCUT2D eigenvalue weighted by atomic mass is 10.1. The van der Waals surface area contributed by atoms with Crippen molar-refractivity contribution in [2.45, 2.75) is 31.1 Å². The van der Waals surface area contributed by atoms with E-state index in [0.29, 0.717) is 12.8 Å². The molecular formula is C13H16F3NO2S. The Morgan fingerprint density at radius 2 is 1.90 bits per heavy atom. The van der Waals surface area contributed by atoms with Crippen LogP contribution in [0, 0.1) is 17.5 Å². The fourth-order valence-electron chi connectivity index (χ4n) is 2.34. The molecule has 2 atom stereocenters. The van der Waals surface area contributed by atoms with Gasteiger partial charge in [-0.1, -0.05) is 0 Å². The molecule has 1 aliphatic rings. The summed E-state index contributed by atoms with van der Waals surface area (Å²) in [5.41, 5.74) is 0.247. The molecule has 1 heterocycles. The zero-order valence-corrected chi connectivity index (χ0v) is 11.8. The number of sulfone groups is 1. The molecule has 1 fully saturated rings. The number of hydrogen-bond acceptors (Lipinski definition) is 3. The van der Waals surface area contributed by atoms with Gasteiger partial charge in [-0.3, -0.25) is 0 Å². The quantitative estimate of drug-likeness (QED) is 0.869. The maximum atomic E-state index is 13.1. The average Bonchev–Trinajstić information content (AvgIpc) is 2.71. The van der Waals surface area contributed by atoms with Gasteiger partial charge >= 0.3 is 0 Å². The molecule has 1 N–H and O–H groups in total. The fourth-order valence-corrected chi connectivity index (χ4v) is 4.12. The summed E-state index contributed by atoms with van der Waals surface area (Å²) in [6.07, 6.45) is 1.23. The Kier molecular flexibility index (Phi) is 4.39. The maximum absolute atomic E-state index is 13.1. The summed E-state index contributed by atoms with van der Waals surface area (Å²) in [5, 5.41) is 2.48. The molecule has 3 nitrogen and oxygen atoms in total. The Morgan fingerprint density at radius 3 is 2.40 bits per heavy atom. The van der Waals surface area contributed by atoms with Crippen LogP contribution >= 0.6 is 0 Å². The van der Waals surface area contributed by atoms with Crippen LogP contribution in [0.4, 0.5) is 13.2 Å². The fraction of sp³-hybridized carbons (Fsp3) is 0.538. The van der Waals surface area contributed by atoms with Crippen LogP contribution in [-0.2, 0) is 9.84 Å². The van der Waals surface area contributed by atoms with Crippen molar-refractivity contribution < 1.29 is 21.6 Å². The van der Waals surface area contributed by atoms with Crippen LogP contribution in [0.5, 0.6) is 0 Å². The van der Waals surface area contributed by atoms with Gasteiger partial charge in [0.25, 0.3) is 0 Å². The molecule has 0 bridgehead atoms. The van der Waals surface area contributed by atoms with Crippen LogP contribution in [0.25, 0.3) is 0 Å². The van der Waals surface area contributed by atoms with E-state index >= 15 is 0 Å². The van der Waals surface area contributed by atoms with Gasteiger partial charge in [0.05, 0.1) is 11.0 Å². The van der Waals surface area contributed by atoms with Crippen molar-refractivity contribution in [3.8, 4) is 0 Å². The van der Waals surface area contributed by atoms with Crippen LogP contribution in [0.1, 0.15) is 31.4 Å². The van der Waals surface area contributed by atoms with Gasteiger partial charge in [0.15, 0.2) is 27.3 Å². The predicted octanol–water partition coefficient (Wildman–Crippen LogP) is 2.33. The first-order valence-corrected chi connectivity index (χ1v) is 8.12. The van der Waals surface area contributed by atoms with Crippen molar-refractivity contribution in [3.05, 3.63) is 35.1 Å². The Morgan fingerprint density at radius 1 is 1.30 bits per heavy atom. The number of hydrogen-bond donors (Lipinski definition) is 1. The Balaban J connectivity index is 2.04. The number of halogens is 3. The van der Waals surface area contributed by atoms with Gasteiger partial charge in [0, 0.05) is 12.6 Å². The van der Waals surface area contributed by atoms with E-state index in [-0.39, 0.29) is 17.9 Å². The monoisotopic (exact) mass is 307 g/mol. The Bertz CT molecular complexity index is 581. The molecular weight excluding hydrogens is 291 g/mol. The highest BCUT2D eigenvalue weighted by Gasteiger charge is 2.31. The second-order valence-electron chi connectivity index (χ2n) is 5.06. The lowest BCUT2D eigenvalue weighted by molar-refractivity contribution is 0.440. The van der Waals surface area contributed by atoms with Crippen molar-refractivity contribution in [2.75, 3.05) is 12.3 Å². The lowest BCUT2D eigenvalue weighted by Gasteiger charge is -2.17. The van der Waals surface area contributed by atoms with Gasteiger partial charge in [0.2, 0.25) is 0 Å². The van der Waals surface area contributed by atoms with Gasteiger partial charge in [-0.2, -0.15) is 0 Å². The van der Waals surface area contributed by atoms with Gasteiger partial charge < -0.3 is 5.32 Å². The van der Waals surface area contributed by atoms with E-state index in [1.54, 1.807) is 6.92 Å². The highest BCUT2D eigenvalue weighted by atomic mass is 32.2. The first-order valence-electron chi connectivity index (χ1n) is 6.40. The van der Waals surface area contributed by atoms with Crippen LogP contribution in [0.3, 0.4) is 0 Å². The SMILES string of the molecule is C[C@H](NC[C@H]1CCCS1(=O)=O)c1cc(F)c(F)c(F)c1. The van der Waals surface area contributed by atoms with E-state index in [1.807, 2.05) is 0 Å². The summed E-state index contributed by atoms with van der Waals surface area (Å²) in [7, 11) is -3.06. The molecule has 1 aromatic carbocycles. The standard InChI is InChI=1S/C13H16F3NO2S/c1-8(9-5-11(14)13(16)12(15)6-9)17-7-10-3-2-4-20(10,18)19/h5-6,8,10,17H,2-4,7H2,1H3/t8-,10+/m0/s1. The summed E-state index contributed by atoms with van der Waals surface area (Å²) in [5.74, 6) is -3.81. The van der Waals surface area contributed by atoms with E-state index in [2.05, 4.69) is 5.32 Å². The molecule has 112 valence electrons. The number of rotatable bonds is 4. The predicted molar refractivity (Wildman–Crippen MR) is 69.5 cm³/mol. The highest BCUT2D eigenvalue weighted by Crippen LogP contribution is 2.22. The van der Waals surface area contributed by atoms with E-state index in [4.69, 9.17) is 0 Å². The molecule has 0 aromatic heterocycles. The molecule has 1 aliphatic heterocycles. The van der Waals surface area contributed by atoms with Crippen molar-refractivity contribution in [1.29, 1.82) is 0 Å². The van der Waals surface area contributed by atoms with Gasteiger partial charge in [-0.25, -0.2) is 21.6 Å². The topological polar surface area (TPSA) is 46.2 Å². The molecule has 1 saturated heterocycles. The molecule has 0 spiro atoms. The molecule has 2 rings (SSSR count). The van der Waals surface area contributed by atoms with Gasteiger partial charge in [-0.15, -0.1) is 0 Å². The second kappa shape index (κ2) is 5.73. The van der Waals surface area contributed by atoms with Crippen LogP contribution in [0.15, 0.2) is 12.1 Å². The van der Waals surface area contributed by atoms with Crippen molar-refractivity contribution in [2.24, 2.45) is 0 Å². The van der Waals surface area contributed by atoms with Crippen LogP contribution in [0.2, 0.25) is 0 Å². The molecule has 20 heavy (non-hydrogen) atoms. The van der Waals surface area contributed by atoms with E-state index in [0.717, 1.165) is 12.1 Å². The third kappa shape index (κ3) is 3.15. The summed E-state index contributed by atoms with van der Waals surface area (Å²) < 4.78 is 62.4. The minimum Gasteiger partial charge on any atom is -0.309 e. The smallest absolute Gasteiger partial charge is 0.194 e. The normalized spacial score (nSPS) is 22.9. The Labute approximate surface area is 116 Å². The first kappa shape index (κ1) is 15.3.